The summed E-state index contributed by atoms with van der Waals surface area (Å²) in [4.78, 5) is 4.63. The third-order valence-electron chi connectivity index (χ3n) is 2.53. The van der Waals surface area contributed by atoms with Crippen molar-refractivity contribution in [3.8, 4) is 21.8 Å². The Balaban J connectivity index is 1.99. The molecule has 0 saturated carbocycles. The highest BCUT2D eigenvalue weighted by Crippen LogP contribution is 2.28. The summed E-state index contributed by atoms with van der Waals surface area (Å²) in [5, 5.41) is 7.25. The van der Waals surface area contributed by atoms with E-state index in [4.69, 9.17) is 0 Å². The number of rotatable bonds is 2. The number of thiazole rings is 1. The Bertz CT molecular complexity index is 625. The average molecular weight is 241 g/mol. The summed E-state index contributed by atoms with van der Waals surface area (Å²) in [5.74, 6) is 0. The SMILES string of the molecule is Cn1cc(-c2nc(-c3ccccc3)cs2)cn1. The summed E-state index contributed by atoms with van der Waals surface area (Å²) in [5.41, 5.74) is 3.24. The Kier molecular flexibility index (Phi) is 2.49. The highest BCUT2D eigenvalue weighted by molar-refractivity contribution is 7.13. The van der Waals surface area contributed by atoms with E-state index in [2.05, 4.69) is 27.6 Å². The normalized spacial score (nSPS) is 10.6. The van der Waals surface area contributed by atoms with E-state index in [1.54, 1.807) is 16.0 Å². The number of aryl methyl sites for hydroxylation is 1. The van der Waals surface area contributed by atoms with Crippen LogP contribution in [0.3, 0.4) is 0 Å². The Morgan fingerprint density at radius 1 is 1.12 bits per heavy atom. The van der Waals surface area contributed by atoms with Gasteiger partial charge in [0.1, 0.15) is 5.01 Å². The van der Waals surface area contributed by atoms with E-state index in [1.165, 1.54) is 0 Å². The van der Waals surface area contributed by atoms with E-state index >= 15 is 0 Å². The molecule has 0 spiro atoms. The van der Waals surface area contributed by atoms with Crippen LogP contribution in [0.4, 0.5) is 0 Å². The molecule has 0 saturated heterocycles. The molecular formula is C13H11N3S. The largest absolute Gasteiger partial charge is 0.275 e. The first kappa shape index (κ1) is 10.2. The molecule has 3 rings (SSSR count). The number of hydrogen-bond acceptors (Lipinski definition) is 3. The van der Waals surface area contributed by atoms with Crippen molar-refractivity contribution in [3.05, 3.63) is 48.1 Å². The minimum atomic E-state index is 1.01. The lowest BCUT2D eigenvalue weighted by molar-refractivity contribution is 0.768. The molecule has 0 aliphatic heterocycles. The van der Waals surface area contributed by atoms with Crippen molar-refractivity contribution in [2.24, 2.45) is 7.05 Å². The van der Waals surface area contributed by atoms with Gasteiger partial charge < -0.3 is 0 Å². The quantitative estimate of drug-likeness (QED) is 0.689. The van der Waals surface area contributed by atoms with E-state index in [-0.39, 0.29) is 0 Å². The zero-order chi connectivity index (χ0) is 11.7. The van der Waals surface area contributed by atoms with Gasteiger partial charge in [0.25, 0.3) is 0 Å². The van der Waals surface area contributed by atoms with Crippen molar-refractivity contribution in [2.75, 3.05) is 0 Å². The molecular weight excluding hydrogens is 230 g/mol. The molecule has 3 nitrogen and oxygen atoms in total. The van der Waals surface area contributed by atoms with Crippen LogP contribution in [0.15, 0.2) is 48.1 Å². The van der Waals surface area contributed by atoms with Crippen molar-refractivity contribution in [3.63, 3.8) is 0 Å². The smallest absolute Gasteiger partial charge is 0.127 e. The third-order valence-corrected chi connectivity index (χ3v) is 3.42. The maximum Gasteiger partial charge on any atom is 0.127 e. The fourth-order valence-electron chi connectivity index (χ4n) is 1.68. The molecule has 0 radical (unpaired) electrons. The highest BCUT2D eigenvalue weighted by atomic mass is 32.1. The first-order valence-electron chi connectivity index (χ1n) is 5.33. The predicted octanol–water partition coefficient (Wildman–Crippen LogP) is 3.21. The second-order valence-corrected chi connectivity index (χ2v) is 4.66. The zero-order valence-electron chi connectivity index (χ0n) is 9.37. The van der Waals surface area contributed by atoms with Crippen molar-refractivity contribution in [1.82, 2.24) is 14.8 Å². The van der Waals surface area contributed by atoms with Crippen LogP contribution in [0, 0.1) is 0 Å². The van der Waals surface area contributed by atoms with Crippen LogP contribution in [-0.4, -0.2) is 14.8 Å². The number of aromatic nitrogens is 3. The van der Waals surface area contributed by atoms with E-state index in [9.17, 15) is 0 Å². The number of hydrogen-bond donors (Lipinski definition) is 0. The topological polar surface area (TPSA) is 30.7 Å². The molecule has 2 aromatic heterocycles. The standard InChI is InChI=1S/C13H11N3S/c1-16-8-11(7-14-16)13-15-12(9-17-13)10-5-3-2-4-6-10/h2-9H,1H3. The van der Waals surface area contributed by atoms with Crippen molar-refractivity contribution >= 4 is 11.3 Å². The Labute approximate surface area is 103 Å². The van der Waals surface area contributed by atoms with E-state index in [1.807, 2.05) is 37.6 Å². The van der Waals surface area contributed by atoms with Gasteiger partial charge in [-0.05, 0) is 0 Å². The summed E-state index contributed by atoms with van der Waals surface area (Å²) in [6, 6.07) is 10.2. The summed E-state index contributed by atoms with van der Waals surface area (Å²) < 4.78 is 1.79. The molecule has 2 heterocycles. The van der Waals surface area contributed by atoms with Crippen LogP contribution in [0.25, 0.3) is 21.8 Å². The Morgan fingerprint density at radius 2 is 1.94 bits per heavy atom. The van der Waals surface area contributed by atoms with Gasteiger partial charge >= 0.3 is 0 Å². The van der Waals surface area contributed by atoms with Crippen molar-refractivity contribution < 1.29 is 0 Å². The first-order valence-corrected chi connectivity index (χ1v) is 6.21. The predicted molar refractivity (Wildman–Crippen MR) is 69.8 cm³/mol. The molecule has 0 bridgehead atoms. The van der Waals surface area contributed by atoms with Gasteiger partial charge in [-0.15, -0.1) is 11.3 Å². The first-order chi connectivity index (χ1) is 8.33. The lowest BCUT2D eigenvalue weighted by Crippen LogP contribution is -1.84. The Hall–Kier alpha value is -1.94. The van der Waals surface area contributed by atoms with Gasteiger partial charge in [0.2, 0.25) is 0 Å². The van der Waals surface area contributed by atoms with E-state index in [0.717, 1.165) is 21.8 Å². The summed E-state index contributed by atoms with van der Waals surface area (Å²) >= 11 is 1.65. The molecule has 4 heteroatoms. The van der Waals surface area contributed by atoms with Crippen LogP contribution in [0.1, 0.15) is 0 Å². The van der Waals surface area contributed by atoms with Crippen LogP contribution in [0.5, 0.6) is 0 Å². The van der Waals surface area contributed by atoms with Gasteiger partial charge in [-0.3, -0.25) is 4.68 Å². The van der Waals surface area contributed by atoms with Gasteiger partial charge in [0.05, 0.1) is 11.9 Å². The van der Waals surface area contributed by atoms with Gasteiger partial charge in [-0.25, -0.2) is 4.98 Å². The molecule has 0 fully saturated rings. The van der Waals surface area contributed by atoms with Gasteiger partial charge in [-0.1, -0.05) is 30.3 Å². The molecule has 0 amide bonds. The van der Waals surface area contributed by atoms with Gasteiger partial charge in [0.15, 0.2) is 0 Å². The summed E-state index contributed by atoms with van der Waals surface area (Å²) in [6.45, 7) is 0. The van der Waals surface area contributed by atoms with Crippen molar-refractivity contribution in [2.45, 2.75) is 0 Å². The summed E-state index contributed by atoms with van der Waals surface area (Å²) in [7, 11) is 1.91. The second kappa shape index (κ2) is 4.14. The minimum absolute atomic E-state index is 1.01. The summed E-state index contributed by atoms with van der Waals surface area (Å²) in [6.07, 6.45) is 3.82. The molecule has 0 unspecified atom stereocenters. The van der Waals surface area contributed by atoms with Crippen LogP contribution in [0.2, 0.25) is 0 Å². The molecule has 84 valence electrons. The molecule has 0 atom stereocenters. The minimum Gasteiger partial charge on any atom is -0.275 e. The van der Waals surface area contributed by atoms with E-state index < -0.39 is 0 Å². The van der Waals surface area contributed by atoms with Gasteiger partial charge in [0, 0.05) is 29.8 Å². The van der Waals surface area contributed by atoms with Crippen LogP contribution < -0.4 is 0 Å². The van der Waals surface area contributed by atoms with Crippen LogP contribution in [-0.2, 0) is 7.05 Å². The van der Waals surface area contributed by atoms with E-state index in [0.29, 0.717) is 0 Å². The molecule has 1 aromatic carbocycles. The molecule has 0 aliphatic carbocycles. The molecule has 3 aromatic rings. The second-order valence-electron chi connectivity index (χ2n) is 3.81. The number of benzene rings is 1. The number of nitrogens with zero attached hydrogens (tertiary/aromatic N) is 3. The van der Waals surface area contributed by atoms with Crippen LogP contribution >= 0.6 is 11.3 Å². The third kappa shape index (κ3) is 1.99. The van der Waals surface area contributed by atoms with Crippen molar-refractivity contribution in [1.29, 1.82) is 0 Å². The average Bonchev–Trinajstić information content (AvgIpc) is 2.98. The fourth-order valence-corrected chi connectivity index (χ4v) is 2.48. The molecule has 17 heavy (non-hydrogen) atoms. The highest BCUT2D eigenvalue weighted by Gasteiger charge is 2.07. The Morgan fingerprint density at radius 3 is 2.65 bits per heavy atom. The lowest BCUT2D eigenvalue weighted by Gasteiger charge is -1.93. The maximum absolute atomic E-state index is 4.63. The lowest BCUT2D eigenvalue weighted by atomic mass is 10.2. The molecule has 0 aliphatic rings. The zero-order valence-corrected chi connectivity index (χ0v) is 10.2. The maximum atomic E-state index is 4.63. The van der Waals surface area contributed by atoms with Gasteiger partial charge in [-0.2, -0.15) is 5.10 Å². The fraction of sp³-hybridized carbons (Fsp3) is 0.0769. The monoisotopic (exact) mass is 241 g/mol. The molecule has 0 N–H and O–H groups in total.